The molecule has 2 aliphatic rings. The molecule has 0 radical (unpaired) electrons. The number of amides is 1. The van der Waals surface area contributed by atoms with Crippen molar-refractivity contribution in [3.05, 3.63) is 29.1 Å². The fraction of sp³-hybridized carbons (Fsp3) is 0.684. The minimum absolute atomic E-state index is 0.216. The molecule has 1 aliphatic heterocycles. The van der Waals surface area contributed by atoms with Gasteiger partial charge in [0.15, 0.2) is 0 Å². The summed E-state index contributed by atoms with van der Waals surface area (Å²) >= 11 is 0. The lowest BCUT2D eigenvalue weighted by molar-refractivity contribution is 0.0222. The van der Waals surface area contributed by atoms with Crippen molar-refractivity contribution in [2.24, 2.45) is 0 Å². The molecule has 0 bridgehead atoms. The van der Waals surface area contributed by atoms with E-state index in [1.165, 1.54) is 43.2 Å². The Balaban J connectivity index is 1.72. The molecule has 1 aromatic heterocycles. The third-order valence-electron chi connectivity index (χ3n) is 4.79. The number of hydrogen-bond acceptors (Lipinski definition) is 3. The monoisotopic (exact) mass is 316 g/mol. The summed E-state index contributed by atoms with van der Waals surface area (Å²) in [5.74, 6) is 0.651. The quantitative estimate of drug-likeness (QED) is 0.770. The number of pyridine rings is 1. The average molecular weight is 316 g/mol. The molecule has 0 saturated heterocycles. The van der Waals surface area contributed by atoms with Crippen LogP contribution in [0, 0.1) is 0 Å². The molecular formula is C19H28N2O2. The Hall–Kier alpha value is -1.58. The van der Waals surface area contributed by atoms with Crippen molar-refractivity contribution in [3.8, 4) is 0 Å². The summed E-state index contributed by atoms with van der Waals surface area (Å²) in [5, 5.41) is 0. The van der Waals surface area contributed by atoms with Crippen molar-refractivity contribution in [1.82, 2.24) is 9.88 Å². The molecule has 4 heteroatoms. The van der Waals surface area contributed by atoms with Gasteiger partial charge in [0.25, 0.3) is 0 Å². The highest BCUT2D eigenvalue weighted by molar-refractivity contribution is 5.68. The molecular weight excluding hydrogens is 288 g/mol. The van der Waals surface area contributed by atoms with E-state index in [4.69, 9.17) is 4.74 Å². The molecule has 3 rings (SSSR count). The number of nitrogens with zero attached hydrogens (tertiary/aromatic N) is 2. The Morgan fingerprint density at radius 2 is 2.00 bits per heavy atom. The van der Waals surface area contributed by atoms with Crippen LogP contribution >= 0.6 is 0 Å². The first-order valence-electron chi connectivity index (χ1n) is 8.88. The van der Waals surface area contributed by atoms with E-state index in [-0.39, 0.29) is 6.09 Å². The zero-order chi connectivity index (χ0) is 16.4. The van der Waals surface area contributed by atoms with Crippen molar-refractivity contribution in [2.45, 2.75) is 77.4 Å². The van der Waals surface area contributed by atoms with Crippen molar-refractivity contribution in [2.75, 3.05) is 6.54 Å². The Bertz CT molecular complexity index is 571. The van der Waals surface area contributed by atoms with Crippen molar-refractivity contribution in [1.29, 1.82) is 0 Å². The number of rotatable bonds is 1. The summed E-state index contributed by atoms with van der Waals surface area (Å²) in [5.41, 5.74) is 3.25. The lowest BCUT2D eigenvalue weighted by Gasteiger charge is -2.31. The molecule has 1 aliphatic carbocycles. The zero-order valence-corrected chi connectivity index (χ0v) is 14.6. The second-order valence-electron chi connectivity index (χ2n) is 7.86. The van der Waals surface area contributed by atoms with Gasteiger partial charge in [-0.1, -0.05) is 25.3 Å². The summed E-state index contributed by atoms with van der Waals surface area (Å²) in [7, 11) is 0. The number of aromatic nitrogens is 1. The van der Waals surface area contributed by atoms with Crippen LogP contribution < -0.4 is 0 Å². The Kier molecular flexibility index (Phi) is 4.60. The van der Waals surface area contributed by atoms with Crippen LogP contribution in [0.5, 0.6) is 0 Å². The zero-order valence-electron chi connectivity index (χ0n) is 14.6. The van der Waals surface area contributed by atoms with E-state index >= 15 is 0 Å². The summed E-state index contributed by atoms with van der Waals surface area (Å²) in [6, 6.07) is 2.29. The third kappa shape index (κ3) is 4.04. The van der Waals surface area contributed by atoms with Crippen LogP contribution in [0.3, 0.4) is 0 Å². The topological polar surface area (TPSA) is 42.4 Å². The van der Waals surface area contributed by atoms with Gasteiger partial charge in [0.1, 0.15) is 5.60 Å². The number of carbonyl (C=O) groups excluding carboxylic acids is 1. The highest BCUT2D eigenvalue weighted by Gasteiger charge is 2.27. The second-order valence-corrected chi connectivity index (χ2v) is 7.86. The fourth-order valence-electron chi connectivity index (χ4n) is 3.59. The summed E-state index contributed by atoms with van der Waals surface area (Å²) in [6.07, 6.45) is 9.23. The summed E-state index contributed by atoms with van der Waals surface area (Å²) in [6.45, 7) is 7.04. The number of fused-ring (bicyclic) bond motifs is 1. The molecule has 0 aromatic carbocycles. The van der Waals surface area contributed by atoms with E-state index in [2.05, 4.69) is 17.2 Å². The molecule has 0 atom stereocenters. The van der Waals surface area contributed by atoms with E-state index in [0.29, 0.717) is 19.0 Å². The average Bonchev–Trinajstić information content (AvgIpc) is 2.53. The largest absolute Gasteiger partial charge is 0.444 e. The van der Waals surface area contributed by atoms with Crippen LogP contribution in [0.2, 0.25) is 0 Å². The van der Waals surface area contributed by atoms with Gasteiger partial charge in [0.05, 0.1) is 6.54 Å². The Morgan fingerprint density at radius 3 is 2.70 bits per heavy atom. The van der Waals surface area contributed by atoms with Gasteiger partial charge < -0.3 is 9.64 Å². The van der Waals surface area contributed by atoms with Gasteiger partial charge in [0.2, 0.25) is 0 Å². The van der Waals surface area contributed by atoms with E-state index in [0.717, 1.165) is 12.1 Å². The third-order valence-corrected chi connectivity index (χ3v) is 4.79. The molecule has 1 saturated carbocycles. The highest BCUT2D eigenvalue weighted by atomic mass is 16.6. The van der Waals surface area contributed by atoms with E-state index in [9.17, 15) is 4.79 Å². The maximum atomic E-state index is 12.3. The first-order chi connectivity index (χ1) is 10.9. The molecule has 2 heterocycles. The number of carbonyl (C=O) groups is 1. The van der Waals surface area contributed by atoms with Gasteiger partial charge in [-0.25, -0.2) is 4.79 Å². The maximum Gasteiger partial charge on any atom is 0.410 e. The lowest BCUT2D eigenvalue weighted by atomic mass is 9.84. The van der Waals surface area contributed by atoms with Crippen LogP contribution in [-0.2, 0) is 17.7 Å². The van der Waals surface area contributed by atoms with Gasteiger partial charge in [0, 0.05) is 24.9 Å². The first kappa shape index (κ1) is 16.3. The predicted octanol–water partition coefficient (Wildman–Crippen LogP) is 4.42. The molecule has 4 nitrogen and oxygen atoms in total. The van der Waals surface area contributed by atoms with Gasteiger partial charge in [-0.15, -0.1) is 0 Å². The molecule has 126 valence electrons. The van der Waals surface area contributed by atoms with Gasteiger partial charge in [-0.05, 0) is 50.7 Å². The van der Waals surface area contributed by atoms with E-state index in [1.807, 2.05) is 20.8 Å². The van der Waals surface area contributed by atoms with Gasteiger partial charge in [-0.3, -0.25) is 4.98 Å². The summed E-state index contributed by atoms with van der Waals surface area (Å²) < 4.78 is 5.51. The van der Waals surface area contributed by atoms with Crippen LogP contribution in [0.4, 0.5) is 4.79 Å². The smallest absolute Gasteiger partial charge is 0.410 e. The Morgan fingerprint density at radius 1 is 1.26 bits per heavy atom. The van der Waals surface area contributed by atoms with Crippen LogP contribution in [0.1, 0.15) is 75.6 Å². The molecule has 0 spiro atoms. The minimum Gasteiger partial charge on any atom is -0.444 e. The van der Waals surface area contributed by atoms with Crippen LogP contribution in [0.25, 0.3) is 0 Å². The molecule has 23 heavy (non-hydrogen) atoms. The maximum absolute atomic E-state index is 12.3. The predicted molar refractivity (Wildman–Crippen MR) is 90.4 cm³/mol. The number of hydrogen-bond donors (Lipinski definition) is 0. The standard InChI is InChI=1S/C19H28N2O2/c1-19(2,3)23-18(22)21-10-9-17-16(13-21)11-15(12-20-17)14-7-5-4-6-8-14/h11-12,14H,4-10,13H2,1-3H3. The van der Waals surface area contributed by atoms with Gasteiger partial charge >= 0.3 is 6.09 Å². The van der Waals surface area contributed by atoms with Crippen molar-refractivity contribution >= 4 is 6.09 Å². The molecule has 0 unspecified atom stereocenters. The Labute approximate surface area is 139 Å². The highest BCUT2D eigenvalue weighted by Crippen LogP contribution is 2.33. The lowest BCUT2D eigenvalue weighted by Crippen LogP contribution is -2.40. The molecule has 1 amide bonds. The normalized spacial score (nSPS) is 19.3. The van der Waals surface area contributed by atoms with Crippen molar-refractivity contribution in [3.63, 3.8) is 0 Å². The van der Waals surface area contributed by atoms with Crippen LogP contribution in [-0.4, -0.2) is 28.1 Å². The minimum atomic E-state index is -0.445. The second kappa shape index (κ2) is 6.50. The molecule has 1 aromatic rings. The van der Waals surface area contributed by atoms with E-state index < -0.39 is 5.60 Å². The van der Waals surface area contributed by atoms with Gasteiger partial charge in [-0.2, -0.15) is 0 Å². The molecule has 1 fully saturated rings. The van der Waals surface area contributed by atoms with Crippen LogP contribution in [0.15, 0.2) is 12.3 Å². The number of ether oxygens (including phenoxy) is 1. The SMILES string of the molecule is CC(C)(C)OC(=O)N1CCc2ncc(C3CCCCC3)cc2C1. The van der Waals surface area contributed by atoms with Crippen molar-refractivity contribution < 1.29 is 9.53 Å². The molecule has 0 N–H and O–H groups in total. The summed E-state index contributed by atoms with van der Waals surface area (Å²) in [4.78, 5) is 18.8. The first-order valence-corrected chi connectivity index (χ1v) is 8.88. The fourth-order valence-corrected chi connectivity index (χ4v) is 3.59. The van der Waals surface area contributed by atoms with E-state index in [1.54, 1.807) is 4.90 Å².